The van der Waals surface area contributed by atoms with Gasteiger partial charge >= 0.3 is 0 Å². The van der Waals surface area contributed by atoms with Crippen LogP contribution in [0.1, 0.15) is 21.9 Å². The Kier molecular flexibility index (Phi) is 6.95. The summed E-state index contributed by atoms with van der Waals surface area (Å²) in [7, 11) is 0. The second kappa shape index (κ2) is 9.85. The van der Waals surface area contributed by atoms with Gasteiger partial charge < -0.3 is 14.1 Å². The van der Waals surface area contributed by atoms with Crippen LogP contribution >= 0.6 is 27.5 Å². The highest BCUT2D eigenvalue weighted by molar-refractivity contribution is 9.10. The van der Waals surface area contributed by atoms with Crippen LogP contribution in [0.3, 0.4) is 0 Å². The maximum absolute atomic E-state index is 14.0. The SMILES string of the molecule is O=C(c1ccc(COc2ccccc2Br)o1)N1CCN(Cc2c(F)cccc2Cl)CC1. The summed E-state index contributed by atoms with van der Waals surface area (Å²) < 4.78 is 26.3. The zero-order valence-electron chi connectivity index (χ0n) is 16.7. The van der Waals surface area contributed by atoms with Crippen LogP contribution in [0.4, 0.5) is 4.39 Å². The predicted octanol–water partition coefficient (Wildman–Crippen LogP) is 5.37. The van der Waals surface area contributed by atoms with Crippen LogP contribution in [0.2, 0.25) is 5.02 Å². The van der Waals surface area contributed by atoms with Gasteiger partial charge in [0.2, 0.25) is 0 Å². The van der Waals surface area contributed by atoms with Gasteiger partial charge in [0, 0.05) is 43.3 Å². The first-order valence-electron chi connectivity index (χ1n) is 9.92. The van der Waals surface area contributed by atoms with Crippen molar-refractivity contribution in [3.63, 3.8) is 0 Å². The van der Waals surface area contributed by atoms with E-state index in [9.17, 15) is 9.18 Å². The number of hydrogen-bond donors (Lipinski definition) is 0. The summed E-state index contributed by atoms with van der Waals surface area (Å²) in [6, 6.07) is 15.7. The van der Waals surface area contributed by atoms with Gasteiger partial charge in [-0.15, -0.1) is 0 Å². The molecular weight excluding hydrogens is 487 g/mol. The molecule has 5 nitrogen and oxygen atoms in total. The highest BCUT2D eigenvalue weighted by Crippen LogP contribution is 2.25. The van der Waals surface area contributed by atoms with Crippen molar-refractivity contribution in [1.82, 2.24) is 9.80 Å². The Morgan fingerprint density at radius 1 is 1.06 bits per heavy atom. The topological polar surface area (TPSA) is 45.9 Å². The minimum Gasteiger partial charge on any atom is -0.484 e. The van der Waals surface area contributed by atoms with Crippen molar-refractivity contribution in [2.45, 2.75) is 13.2 Å². The second-order valence-corrected chi connectivity index (χ2v) is 8.52. The Balaban J connectivity index is 1.30. The van der Waals surface area contributed by atoms with Crippen LogP contribution in [-0.2, 0) is 13.2 Å². The fraction of sp³-hybridized carbons (Fsp3) is 0.261. The van der Waals surface area contributed by atoms with Crippen LogP contribution in [0.15, 0.2) is 63.5 Å². The molecule has 0 saturated carbocycles. The molecule has 1 aromatic heterocycles. The number of rotatable bonds is 6. The standard InChI is InChI=1S/C23H21BrClFN2O3/c24-18-4-1-2-7-21(18)30-15-16-8-9-22(31-16)23(29)28-12-10-27(11-13-28)14-17-19(25)5-3-6-20(17)26/h1-9H,10-15H2. The lowest BCUT2D eigenvalue weighted by Gasteiger charge is -2.34. The Morgan fingerprint density at radius 3 is 2.58 bits per heavy atom. The second-order valence-electron chi connectivity index (χ2n) is 7.25. The molecule has 0 bridgehead atoms. The van der Waals surface area contributed by atoms with E-state index in [2.05, 4.69) is 20.8 Å². The van der Waals surface area contributed by atoms with Crippen molar-refractivity contribution < 1.29 is 18.3 Å². The van der Waals surface area contributed by atoms with Gasteiger partial charge in [0.1, 0.15) is 23.9 Å². The van der Waals surface area contributed by atoms with Gasteiger partial charge in [0.25, 0.3) is 5.91 Å². The molecule has 0 atom stereocenters. The van der Waals surface area contributed by atoms with Crippen molar-refractivity contribution in [1.29, 1.82) is 0 Å². The number of halogens is 3. The number of piperazine rings is 1. The van der Waals surface area contributed by atoms with E-state index in [1.54, 1.807) is 29.2 Å². The highest BCUT2D eigenvalue weighted by Gasteiger charge is 2.25. The van der Waals surface area contributed by atoms with E-state index in [4.69, 9.17) is 20.8 Å². The lowest BCUT2D eigenvalue weighted by Crippen LogP contribution is -2.48. The van der Waals surface area contributed by atoms with Crippen molar-refractivity contribution >= 4 is 33.4 Å². The van der Waals surface area contributed by atoms with Gasteiger partial charge in [-0.05, 0) is 52.3 Å². The Labute approximate surface area is 193 Å². The van der Waals surface area contributed by atoms with Crippen molar-refractivity contribution in [2.24, 2.45) is 0 Å². The smallest absolute Gasteiger partial charge is 0.289 e. The maximum atomic E-state index is 14.0. The average Bonchev–Trinajstić information content (AvgIpc) is 3.25. The van der Waals surface area contributed by atoms with Crippen LogP contribution in [-0.4, -0.2) is 41.9 Å². The van der Waals surface area contributed by atoms with Crippen molar-refractivity contribution in [2.75, 3.05) is 26.2 Å². The normalized spacial score (nSPS) is 14.6. The third kappa shape index (κ3) is 5.29. The molecule has 0 unspecified atom stereocenters. The summed E-state index contributed by atoms with van der Waals surface area (Å²) in [5, 5.41) is 0.423. The first-order valence-corrected chi connectivity index (χ1v) is 11.1. The molecule has 0 aliphatic carbocycles. The minimum atomic E-state index is -0.307. The van der Waals surface area contributed by atoms with E-state index in [1.165, 1.54) is 6.07 Å². The molecule has 3 aromatic rings. The van der Waals surface area contributed by atoms with Gasteiger partial charge in [0.05, 0.1) is 4.47 Å². The van der Waals surface area contributed by atoms with Crippen molar-refractivity contribution in [3.8, 4) is 5.75 Å². The van der Waals surface area contributed by atoms with Crippen LogP contribution in [0, 0.1) is 5.82 Å². The molecule has 1 fully saturated rings. The molecule has 1 saturated heterocycles. The molecule has 0 N–H and O–H groups in total. The van der Waals surface area contributed by atoms with Crippen LogP contribution < -0.4 is 4.74 Å². The lowest BCUT2D eigenvalue weighted by atomic mass is 10.2. The predicted molar refractivity (Wildman–Crippen MR) is 120 cm³/mol. The van der Waals surface area contributed by atoms with E-state index in [-0.39, 0.29) is 24.1 Å². The molecule has 1 aliphatic heterocycles. The summed E-state index contributed by atoms with van der Waals surface area (Å²) in [6.45, 7) is 2.99. The van der Waals surface area contributed by atoms with E-state index in [0.29, 0.717) is 54.8 Å². The largest absolute Gasteiger partial charge is 0.484 e. The summed E-state index contributed by atoms with van der Waals surface area (Å²) in [4.78, 5) is 16.6. The quantitative estimate of drug-likeness (QED) is 0.450. The highest BCUT2D eigenvalue weighted by atomic mass is 79.9. The number of benzene rings is 2. The molecule has 2 aromatic carbocycles. The number of hydrogen-bond acceptors (Lipinski definition) is 4. The Hall–Kier alpha value is -2.35. The summed E-state index contributed by atoms with van der Waals surface area (Å²) in [6.07, 6.45) is 0. The van der Waals surface area contributed by atoms with Crippen LogP contribution in [0.25, 0.3) is 0 Å². The number of nitrogens with zero attached hydrogens (tertiary/aromatic N) is 2. The van der Waals surface area contributed by atoms with Gasteiger partial charge in [-0.25, -0.2) is 4.39 Å². The van der Waals surface area contributed by atoms with E-state index < -0.39 is 0 Å². The summed E-state index contributed by atoms with van der Waals surface area (Å²) in [5.41, 5.74) is 0.490. The fourth-order valence-electron chi connectivity index (χ4n) is 3.45. The van der Waals surface area contributed by atoms with Gasteiger partial charge in [-0.1, -0.05) is 29.8 Å². The molecule has 8 heteroatoms. The number of carbonyl (C=O) groups is 1. The van der Waals surface area contributed by atoms with E-state index in [1.807, 2.05) is 24.3 Å². The first-order chi connectivity index (χ1) is 15.0. The fourth-order valence-corrected chi connectivity index (χ4v) is 4.08. The molecule has 1 aliphatic rings. The Bertz CT molecular complexity index is 1050. The Morgan fingerprint density at radius 2 is 1.84 bits per heavy atom. The monoisotopic (exact) mass is 506 g/mol. The minimum absolute atomic E-state index is 0.157. The number of furan rings is 1. The molecule has 162 valence electrons. The van der Waals surface area contributed by atoms with Gasteiger partial charge in [-0.3, -0.25) is 9.69 Å². The number of amides is 1. The molecule has 31 heavy (non-hydrogen) atoms. The molecule has 4 rings (SSSR count). The van der Waals surface area contributed by atoms with Gasteiger partial charge in [0.15, 0.2) is 5.76 Å². The maximum Gasteiger partial charge on any atom is 0.289 e. The number of ether oxygens (including phenoxy) is 1. The summed E-state index contributed by atoms with van der Waals surface area (Å²) in [5.74, 6) is 1.11. The van der Waals surface area contributed by atoms with Gasteiger partial charge in [-0.2, -0.15) is 0 Å². The molecule has 0 radical (unpaired) electrons. The van der Waals surface area contributed by atoms with Crippen molar-refractivity contribution in [3.05, 3.63) is 87.0 Å². The third-order valence-corrected chi connectivity index (χ3v) is 6.19. The summed E-state index contributed by atoms with van der Waals surface area (Å²) >= 11 is 9.56. The third-order valence-electron chi connectivity index (χ3n) is 5.18. The molecular formula is C23H21BrClFN2O3. The molecule has 2 heterocycles. The number of para-hydroxylation sites is 1. The zero-order chi connectivity index (χ0) is 21.8. The zero-order valence-corrected chi connectivity index (χ0v) is 19.0. The lowest BCUT2D eigenvalue weighted by molar-refractivity contribution is 0.0592. The van der Waals surface area contributed by atoms with E-state index >= 15 is 0 Å². The molecule has 0 spiro atoms. The number of carbonyl (C=O) groups excluding carboxylic acids is 1. The van der Waals surface area contributed by atoms with Crippen LogP contribution in [0.5, 0.6) is 5.75 Å². The van der Waals surface area contributed by atoms with E-state index in [0.717, 1.165) is 4.47 Å². The first kappa shape index (κ1) is 21.9. The molecule has 1 amide bonds. The average molecular weight is 508 g/mol.